The van der Waals surface area contributed by atoms with Crippen molar-refractivity contribution in [3.05, 3.63) is 56.0 Å². The Morgan fingerprint density at radius 1 is 1.35 bits per heavy atom. The van der Waals surface area contributed by atoms with Crippen molar-refractivity contribution in [3.63, 3.8) is 0 Å². The lowest BCUT2D eigenvalue weighted by Crippen LogP contribution is -2.09. The minimum atomic E-state index is -0.0941. The van der Waals surface area contributed by atoms with E-state index in [-0.39, 0.29) is 6.04 Å². The lowest BCUT2D eigenvalue weighted by molar-refractivity contribution is 0.594. The molecule has 4 nitrogen and oxygen atoms in total. The molecule has 3 rings (SSSR count). The van der Waals surface area contributed by atoms with Gasteiger partial charge in [-0.3, -0.25) is 0 Å². The number of benzene rings is 1. The van der Waals surface area contributed by atoms with Gasteiger partial charge in [-0.1, -0.05) is 35.2 Å². The van der Waals surface area contributed by atoms with Crippen LogP contribution in [0, 0.1) is 0 Å². The Labute approximate surface area is 126 Å². The highest BCUT2D eigenvalue weighted by Crippen LogP contribution is 2.41. The predicted octanol–water partition coefficient (Wildman–Crippen LogP) is 5.06. The van der Waals surface area contributed by atoms with Crippen molar-refractivity contribution in [2.75, 3.05) is 0 Å². The fraction of sp³-hybridized carbons (Fsp3) is 0.286. The molecule has 1 aromatic carbocycles. The lowest BCUT2D eigenvalue weighted by atomic mass is 10.1. The van der Waals surface area contributed by atoms with E-state index in [9.17, 15) is 0 Å². The Balaban J connectivity index is 2.04. The Kier molecular flexibility index (Phi) is 3.38. The van der Waals surface area contributed by atoms with E-state index in [1.54, 1.807) is 0 Å². The van der Waals surface area contributed by atoms with Crippen molar-refractivity contribution in [2.45, 2.75) is 25.9 Å². The highest BCUT2D eigenvalue weighted by Gasteiger charge is 2.23. The summed E-state index contributed by atoms with van der Waals surface area (Å²) in [4.78, 5) is 2.85. The summed E-state index contributed by atoms with van der Waals surface area (Å²) in [5, 5.41) is 4.88. The monoisotopic (exact) mass is 306 g/mol. The van der Waals surface area contributed by atoms with E-state index < -0.39 is 0 Å². The van der Waals surface area contributed by atoms with Crippen LogP contribution in [0.5, 0.6) is 0 Å². The number of azide groups is 1. The molecule has 0 aliphatic heterocycles. The summed E-state index contributed by atoms with van der Waals surface area (Å²) in [7, 11) is 0. The second-order valence-electron chi connectivity index (χ2n) is 5.00. The van der Waals surface area contributed by atoms with Crippen LogP contribution >= 0.6 is 23.2 Å². The van der Waals surface area contributed by atoms with Gasteiger partial charge >= 0.3 is 0 Å². The van der Waals surface area contributed by atoms with E-state index >= 15 is 0 Å². The minimum Gasteiger partial charge on any atom is -0.347 e. The molecule has 0 fully saturated rings. The fourth-order valence-electron chi connectivity index (χ4n) is 2.71. The van der Waals surface area contributed by atoms with Gasteiger partial charge in [0.25, 0.3) is 0 Å². The molecular weight excluding hydrogens is 295 g/mol. The predicted molar refractivity (Wildman–Crippen MR) is 81.3 cm³/mol. The zero-order valence-corrected chi connectivity index (χ0v) is 12.4. The molecule has 0 spiro atoms. The zero-order chi connectivity index (χ0) is 14.3. The number of aromatic nitrogens is 1. The van der Waals surface area contributed by atoms with Crippen LogP contribution in [0.4, 0.5) is 0 Å². The third-order valence-corrected chi connectivity index (χ3v) is 4.26. The van der Waals surface area contributed by atoms with Crippen molar-refractivity contribution in [3.8, 4) is 11.3 Å². The molecule has 0 bridgehead atoms. The molecule has 1 aromatic heterocycles. The van der Waals surface area contributed by atoms with Crippen LogP contribution in [0.25, 0.3) is 21.7 Å². The second kappa shape index (κ2) is 5.06. The molecule has 1 unspecified atom stereocenters. The molecule has 20 heavy (non-hydrogen) atoms. The molecule has 0 saturated carbocycles. The molecule has 6 heteroatoms. The topological polar surface area (TPSA) is 53.7 Å². The van der Waals surface area contributed by atoms with Crippen LogP contribution in [0.15, 0.2) is 29.5 Å². The van der Waals surface area contributed by atoms with Crippen molar-refractivity contribution in [1.29, 1.82) is 0 Å². The van der Waals surface area contributed by atoms with Crippen molar-refractivity contribution >= 4 is 23.2 Å². The molecule has 1 heterocycles. The maximum Gasteiger partial charge on any atom is 0.0599 e. The number of fused-ring (bicyclic) bond motifs is 3. The number of halogens is 2. The highest BCUT2D eigenvalue weighted by molar-refractivity contribution is 6.42. The largest absolute Gasteiger partial charge is 0.347 e. The first kappa shape index (κ1) is 13.4. The molecule has 0 saturated heterocycles. The Morgan fingerprint density at radius 3 is 2.85 bits per heavy atom. The third kappa shape index (κ3) is 2.16. The first-order valence-corrected chi connectivity index (χ1v) is 7.06. The highest BCUT2D eigenvalue weighted by atomic mass is 35.5. The van der Waals surface area contributed by atoms with Crippen LogP contribution in [-0.2, 0) is 13.0 Å². The van der Waals surface area contributed by atoms with E-state index in [4.69, 9.17) is 28.7 Å². The quantitative estimate of drug-likeness (QED) is 0.369. The van der Waals surface area contributed by atoms with Gasteiger partial charge in [-0.2, -0.15) is 0 Å². The summed E-state index contributed by atoms with van der Waals surface area (Å²) in [5.41, 5.74) is 13.2. The lowest BCUT2D eigenvalue weighted by Gasteiger charge is -2.12. The molecule has 1 aliphatic carbocycles. The van der Waals surface area contributed by atoms with Gasteiger partial charge in [-0.25, -0.2) is 0 Å². The first-order valence-electron chi connectivity index (χ1n) is 6.30. The molecule has 2 aromatic rings. The van der Waals surface area contributed by atoms with E-state index in [0.29, 0.717) is 16.6 Å². The Morgan fingerprint density at radius 2 is 2.10 bits per heavy atom. The van der Waals surface area contributed by atoms with Crippen LogP contribution in [0.3, 0.4) is 0 Å². The summed E-state index contributed by atoms with van der Waals surface area (Å²) in [5.74, 6) is 0. The molecule has 0 radical (unpaired) electrons. The van der Waals surface area contributed by atoms with Crippen molar-refractivity contribution in [2.24, 2.45) is 5.11 Å². The summed E-state index contributed by atoms with van der Waals surface area (Å²) < 4.78 is 2.12. The maximum atomic E-state index is 8.50. The van der Waals surface area contributed by atoms with Gasteiger partial charge in [0.15, 0.2) is 0 Å². The Bertz CT molecular complexity index is 729. The van der Waals surface area contributed by atoms with Gasteiger partial charge in [-0.05, 0) is 34.9 Å². The van der Waals surface area contributed by atoms with Gasteiger partial charge in [0, 0.05) is 29.6 Å². The normalized spacial score (nSPS) is 13.6. The van der Waals surface area contributed by atoms with Crippen LogP contribution in [0.1, 0.15) is 18.1 Å². The van der Waals surface area contributed by atoms with E-state index in [1.165, 1.54) is 11.1 Å². The summed E-state index contributed by atoms with van der Waals surface area (Å²) >= 11 is 12.2. The summed E-state index contributed by atoms with van der Waals surface area (Å²) in [6.45, 7) is 2.55. The number of rotatable bonds is 3. The zero-order valence-electron chi connectivity index (χ0n) is 10.8. The molecule has 1 atom stereocenters. The van der Waals surface area contributed by atoms with E-state index in [0.717, 1.165) is 17.7 Å². The Hall–Kier alpha value is -1.61. The molecule has 0 amide bonds. The summed E-state index contributed by atoms with van der Waals surface area (Å²) in [6.07, 6.45) is 2.89. The van der Waals surface area contributed by atoms with Gasteiger partial charge in [0.2, 0.25) is 0 Å². The van der Waals surface area contributed by atoms with Crippen LogP contribution in [-0.4, -0.2) is 10.6 Å². The molecule has 1 aliphatic rings. The SMILES string of the molecule is CC(Cn1ccc2c1-c1cc(Cl)c(Cl)cc1C2)N=[N+]=[N-]. The van der Waals surface area contributed by atoms with Gasteiger partial charge in [0.1, 0.15) is 0 Å². The molecule has 0 N–H and O–H groups in total. The average molecular weight is 307 g/mol. The van der Waals surface area contributed by atoms with E-state index in [2.05, 4.69) is 20.7 Å². The number of nitrogens with zero attached hydrogens (tertiary/aromatic N) is 4. The van der Waals surface area contributed by atoms with Gasteiger partial charge in [0.05, 0.1) is 21.8 Å². The molecule has 102 valence electrons. The summed E-state index contributed by atoms with van der Waals surface area (Å²) in [6, 6.07) is 5.85. The standard InChI is InChI=1S/C14H12Cl2N4/c1-8(18-19-17)7-20-3-2-9-4-10-5-12(15)13(16)6-11(10)14(9)20/h2-3,5-6,8H,4,7H2,1H3. The minimum absolute atomic E-state index is 0.0941. The molecular formula is C14H12Cl2N4. The maximum absolute atomic E-state index is 8.50. The second-order valence-corrected chi connectivity index (χ2v) is 5.81. The third-order valence-electron chi connectivity index (χ3n) is 3.54. The number of hydrogen-bond acceptors (Lipinski definition) is 1. The average Bonchev–Trinajstić information content (AvgIpc) is 2.91. The van der Waals surface area contributed by atoms with Crippen LogP contribution < -0.4 is 0 Å². The fourth-order valence-corrected chi connectivity index (χ4v) is 3.06. The number of hydrogen-bond donors (Lipinski definition) is 0. The van der Waals surface area contributed by atoms with Crippen molar-refractivity contribution < 1.29 is 0 Å². The van der Waals surface area contributed by atoms with Gasteiger partial charge < -0.3 is 4.57 Å². The van der Waals surface area contributed by atoms with E-state index in [1.807, 2.05) is 25.3 Å². The van der Waals surface area contributed by atoms with Gasteiger partial charge in [-0.15, -0.1) is 0 Å². The first-order chi connectivity index (χ1) is 9.60. The van der Waals surface area contributed by atoms with Crippen LogP contribution in [0.2, 0.25) is 10.0 Å². The smallest absolute Gasteiger partial charge is 0.0599 e. The van der Waals surface area contributed by atoms with Crippen molar-refractivity contribution in [1.82, 2.24) is 4.57 Å².